The highest BCUT2D eigenvalue weighted by atomic mass is 16.5. The van der Waals surface area contributed by atoms with Gasteiger partial charge in [0.1, 0.15) is 5.75 Å². The van der Waals surface area contributed by atoms with Gasteiger partial charge in [-0.25, -0.2) is 0 Å². The predicted molar refractivity (Wildman–Crippen MR) is 80.7 cm³/mol. The van der Waals surface area contributed by atoms with Gasteiger partial charge in [0, 0.05) is 6.04 Å². The molecule has 1 unspecified atom stereocenters. The Balaban J connectivity index is 2.03. The molecule has 106 valence electrons. The van der Waals surface area contributed by atoms with E-state index in [4.69, 9.17) is 4.74 Å². The van der Waals surface area contributed by atoms with Gasteiger partial charge in [-0.3, -0.25) is 0 Å². The third-order valence-corrected chi connectivity index (χ3v) is 3.90. The van der Waals surface area contributed by atoms with E-state index in [-0.39, 0.29) is 0 Å². The first-order valence-electron chi connectivity index (χ1n) is 7.42. The molecule has 2 nitrogen and oxygen atoms in total. The largest absolute Gasteiger partial charge is 0.494 e. The molecule has 0 aliphatic heterocycles. The molecule has 1 aliphatic rings. The molecule has 1 aliphatic carbocycles. The molecule has 0 saturated heterocycles. The van der Waals surface area contributed by atoms with Crippen molar-refractivity contribution in [3.8, 4) is 5.75 Å². The van der Waals surface area contributed by atoms with Gasteiger partial charge in [0.2, 0.25) is 0 Å². The summed E-state index contributed by atoms with van der Waals surface area (Å²) in [7, 11) is 2.05. The summed E-state index contributed by atoms with van der Waals surface area (Å²) in [5, 5.41) is 3.41. The summed E-state index contributed by atoms with van der Waals surface area (Å²) in [6.07, 6.45) is 4.80. The van der Waals surface area contributed by atoms with Crippen LogP contribution in [0.1, 0.15) is 57.2 Å². The second-order valence-electron chi connectivity index (χ2n) is 6.75. The highest BCUT2D eigenvalue weighted by molar-refractivity contribution is 5.39. The zero-order chi connectivity index (χ0) is 13.9. The lowest BCUT2D eigenvalue weighted by Gasteiger charge is -2.26. The maximum Gasteiger partial charge on any atom is 0.119 e. The second-order valence-corrected chi connectivity index (χ2v) is 6.75. The molecule has 2 heteroatoms. The Labute approximate surface area is 117 Å². The van der Waals surface area contributed by atoms with Crippen LogP contribution in [-0.2, 0) is 6.42 Å². The van der Waals surface area contributed by atoms with Crippen LogP contribution in [0.5, 0.6) is 5.75 Å². The van der Waals surface area contributed by atoms with Gasteiger partial charge in [0.25, 0.3) is 0 Å². The number of benzene rings is 1. The Morgan fingerprint density at radius 2 is 2.11 bits per heavy atom. The molecule has 0 saturated carbocycles. The zero-order valence-corrected chi connectivity index (χ0v) is 12.8. The van der Waals surface area contributed by atoms with Crippen molar-refractivity contribution < 1.29 is 4.74 Å². The first-order chi connectivity index (χ1) is 8.99. The third-order valence-electron chi connectivity index (χ3n) is 3.90. The summed E-state index contributed by atoms with van der Waals surface area (Å²) in [5.74, 6) is 1.02. The number of aryl methyl sites for hydroxylation is 1. The molecule has 0 fully saturated rings. The van der Waals surface area contributed by atoms with Crippen molar-refractivity contribution in [3.63, 3.8) is 0 Å². The summed E-state index contributed by atoms with van der Waals surface area (Å²) in [6.45, 7) is 7.55. The van der Waals surface area contributed by atoms with Gasteiger partial charge in [-0.15, -0.1) is 0 Å². The number of hydrogen-bond donors (Lipinski definition) is 1. The monoisotopic (exact) mass is 261 g/mol. The molecule has 0 spiro atoms. The van der Waals surface area contributed by atoms with Crippen LogP contribution in [0.15, 0.2) is 18.2 Å². The summed E-state index contributed by atoms with van der Waals surface area (Å²) >= 11 is 0. The molecule has 1 atom stereocenters. The number of rotatable bonds is 4. The summed E-state index contributed by atoms with van der Waals surface area (Å²) in [4.78, 5) is 0. The van der Waals surface area contributed by atoms with E-state index in [1.165, 1.54) is 30.4 Å². The number of hydrogen-bond acceptors (Lipinski definition) is 2. The van der Waals surface area contributed by atoms with Crippen molar-refractivity contribution in [1.82, 2.24) is 5.32 Å². The van der Waals surface area contributed by atoms with Gasteiger partial charge >= 0.3 is 0 Å². The van der Waals surface area contributed by atoms with Crippen LogP contribution in [0, 0.1) is 5.41 Å². The van der Waals surface area contributed by atoms with E-state index in [9.17, 15) is 0 Å². The second kappa shape index (κ2) is 5.96. The Morgan fingerprint density at radius 1 is 1.32 bits per heavy atom. The summed E-state index contributed by atoms with van der Waals surface area (Å²) in [5.41, 5.74) is 3.25. The number of fused-ring (bicyclic) bond motifs is 1. The Morgan fingerprint density at radius 3 is 2.79 bits per heavy atom. The number of ether oxygens (including phenoxy) is 1. The maximum absolute atomic E-state index is 5.91. The fourth-order valence-electron chi connectivity index (χ4n) is 2.64. The molecule has 0 bridgehead atoms. The number of nitrogens with one attached hydrogen (secondary N) is 1. The van der Waals surface area contributed by atoms with Crippen molar-refractivity contribution >= 4 is 0 Å². The highest BCUT2D eigenvalue weighted by Gasteiger charge is 2.19. The van der Waals surface area contributed by atoms with Crippen LogP contribution in [0.2, 0.25) is 0 Å². The molecular weight excluding hydrogens is 234 g/mol. The Kier molecular flexibility index (Phi) is 4.51. The molecular formula is C17H27NO. The van der Waals surface area contributed by atoms with Gasteiger partial charge in [-0.05, 0) is 61.4 Å². The molecule has 19 heavy (non-hydrogen) atoms. The third kappa shape index (κ3) is 3.97. The van der Waals surface area contributed by atoms with Crippen LogP contribution in [0.25, 0.3) is 0 Å². The molecule has 2 rings (SSSR count). The molecule has 1 aromatic carbocycles. The Hall–Kier alpha value is -1.02. The van der Waals surface area contributed by atoms with Crippen molar-refractivity contribution in [2.24, 2.45) is 5.41 Å². The first-order valence-corrected chi connectivity index (χ1v) is 7.42. The topological polar surface area (TPSA) is 21.3 Å². The van der Waals surface area contributed by atoms with Crippen molar-refractivity contribution in [2.45, 2.75) is 52.5 Å². The van der Waals surface area contributed by atoms with Gasteiger partial charge in [0.05, 0.1) is 6.61 Å². The van der Waals surface area contributed by atoms with Gasteiger partial charge in [-0.1, -0.05) is 26.8 Å². The van der Waals surface area contributed by atoms with Crippen LogP contribution in [-0.4, -0.2) is 13.7 Å². The van der Waals surface area contributed by atoms with Crippen LogP contribution in [0.3, 0.4) is 0 Å². The highest BCUT2D eigenvalue weighted by Crippen LogP contribution is 2.32. The molecule has 0 heterocycles. The minimum atomic E-state index is 0.335. The molecule has 1 aromatic rings. The molecule has 0 amide bonds. The van der Waals surface area contributed by atoms with Gasteiger partial charge in [0.15, 0.2) is 0 Å². The van der Waals surface area contributed by atoms with Crippen molar-refractivity contribution in [1.29, 1.82) is 0 Å². The fourth-order valence-corrected chi connectivity index (χ4v) is 2.64. The van der Waals surface area contributed by atoms with Crippen molar-refractivity contribution in [3.05, 3.63) is 29.3 Å². The lowest BCUT2D eigenvalue weighted by Crippen LogP contribution is -2.21. The van der Waals surface area contributed by atoms with Crippen LogP contribution >= 0.6 is 0 Å². The SMILES string of the molecule is CNC1CCCc2ccc(OCCC(C)(C)C)cc21. The van der Waals surface area contributed by atoms with Crippen LogP contribution < -0.4 is 10.1 Å². The Bertz CT molecular complexity index is 420. The molecule has 1 N–H and O–H groups in total. The molecule has 0 radical (unpaired) electrons. The van der Waals surface area contributed by atoms with E-state index in [0.717, 1.165) is 18.8 Å². The summed E-state index contributed by atoms with van der Waals surface area (Å²) in [6, 6.07) is 7.10. The van der Waals surface area contributed by atoms with E-state index in [1.54, 1.807) is 0 Å². The molecule has 0 aromatic heterocycles. The maximum atomic E-state index is 5.91. The van der Waals surface area contributed by atoms with Gasteiger partial charge in [-0.2, -0.15) is 0 Å². The van der Waals surface area contributed by atoms with E-state index in [1.807, 2.05) is 7.05 Å². The zero-order valence-electron chi connectivity index (χ0n) is 12.8. The smallest absolute Gasteiger partial charge is 0.119 e. The van der Waals surface area contributed by atoms with E-state index in [0.29, 0.717) is 11.5 Å². The average Bonchev–Trinajstić information content (AvgIpc) is 2.36. The normalized spacial score (nSPS) is 19.1. The van der Waals surface area contributed by atoms with E-state index >= 15 is 0 Å². The lowest BCUT2D eigenvalue weighted by molar-refractivity contribution is 0.242. The first kappa shape index (κ1) is 14.4. The predicted octanol–water partition coefficient (Wildman–Crippen LogP) is 4.10. The van der Waals surface area contributed by atoms with Gasteiger partial charge < -0.3 is 10.1 Å². The van der Waals surface area contributed by atoms with E-state index in [2.05, 4.69) is 44.3 Å². The summed E-state index contributed by atoms with van der Waals surface area (Å²) < 4.78 is 5.91. The minimum absolute atomic E-state index is 0.335. The fraction of sp³-hybridized carbons (Fsp3) is 0.647. The standard InChI is InChI=1S/C17H27NO/c1-17(2,3)10-11-19-14-9-8-13-6-5-7-16(18-4)15(13)12-14/h8-9,12,16,18H,5-7,10-11H2,1-4H3. The lowest BCUT2D eigenvalue weighted by atomic mass is 9.87. The van der Waals surface area contributed by atoms with Crippen molar-refractivity contribution in [2.75, 3.05) is 13.7 Å². The average molecular weight is 261 g/mol. The minimum Gasteiger partial charge on any atom is -0.494 e. The van der Waals surface area contributed by atoms with Crippen LogP contribution in [0.4, 0.5) is 0 Å². The van der Waals surface area contributed by atoms with E-state index < -0.39 is 0 Å². The quantitative estimate of drug-likeness (QED) is 0.881.